The van der Waals surface area contributed by atoms with Gasteiger partial charge in [0.1, 0.15) is 5.69 Å². The number of nitro groups is 1. The van der Waals surface area contributed by atoms with Gasteiger partial charge in [0.05, 0.1) is 11.0 Å². The average molecular weight is 381 g/mol. The van der Waals surface area contributed by atoms with Crippen LogP contribution < -0.4 is 10.2 Å². The third-order valence-corrected chi connectivity index (χ3v) is 5.53. The number of anilines is 1. The molecular weight excluding hydrogens is 354 g/mol. The van der Waals surface area contributed by atoms with Gasteiger partial charge in [-0.25, -0.2) is 0 Å². The summed E-state index contributed by atoms with van der Waals surface area (Å²) in [5.74, 6) is 0.00524. The Hall–Kier alpha value is -2.89. The summed E-state index contributed by atoms with van der Waals surface area (Å²) in [6, 6.07) is 15.1. The first kappa shape index (κ1) is 19.9. The molecule has 1 aliphatic heterocycles. The van der Waals surface area contributed by atoms with E-state index >= 15 is 0 Å². The molecule has 148 valence electrons. The van der Waals surface area contributed by atoms with E-state index in [1.807, 2.05) is 17.9 Å². The number of nitro benzene ring substituents is 1. The third-order valence-electron chi connectivity index (χ3n) is 5.53. The van der Waals surface area contributed by atoms with Crippen LogP contribution in [0.1, 0.15) is 43.9 Å². The molecule has 6 nitrogen and oxygen atoms in total. The number of hydrogen-bond acceptors (Lipinski definition) is 4. The summed E-state index contributed by atoms with van der Waals surface area (Å²) in [5, 5.41) is 14.4. The van der Waals surface area contributed by atoms with E-state index in [9.17, 15) is 14.9 Å². The number of nitrogens with one attached hydrogen (secondary N) is 1. The van der Waals surface area contributed by atoms with Crippen LogP contribution >= 0.6 is 0 Å². The zero-order valence-corrected chi connectivity index (χ0v) is 16.4. The molecule has 1 amide bonds. The molecule has 2 aromatic carbocycles. The largest absolute Gasteiger partial charge is 0.366 e. The highest BCUT2D eigenvalue weighted by molar-refractivity contribution is 5.79. The topological polar surface area (TPSA) is 75.5 Å². The van der Waals surface area contributed by atoms with Gasteiger partial charge < -0.3 is 10.2 Å². The van der Waals surface area contributed by atoms with Gasteiger partial charge in [-0.05, 0) is 43.4 Å². The van der Waals surface area contributed by atoms with E-state index in [0.29, 0.717) is 31.6 Å². The van der Waals surface area contributed by atoms with Gasteiger partial charge in [-0.2, -0.15) is 0 Å². The Kier molecular flexibility index (Phi) is 6.29. The lowest BCUT2D eigenvalue weighted by molar-refractivity contribution is -0.384. The van der Waals surface area contributed by atoms with E-state index in [1.54, 1.807) is 12.1 Å². The molecule has 1 N–H and O–H groups in total. The molecule has 6 heteroatoms. The summed E-state index contributed by atoms with van der Waals surface area (Å²) < 4.78 is 0. The van der Waals surface area contributed by atoms with Crippen LogP contribution in [0.4, 0.5) is 11.4 Å². The second kappa shape index (κ2) is 8.87. The van der Waals surface area contributed by atoms with E-state index in [1.165, 1.54) is 11.6 Å². The van der Waals surface area contributed by atoms with Gasteiger partial charge >= 0.3 is 0 Å². The van der Waals surface area contributed by atoms with Crippen molar-refractivity contribution in [2.75, 3.05) is 18.0 Å². The standard InChI is InChI=1S/C22H27N3O3/c1-3-17-8-10-18(11-9-17)16(2)23-22(26)19-12-14-24(15-13-19)20-6-4-5-7-21(20)25(27)28/h4-11,16,19H,3,12-15H2,1-2H3,(H,23,26). The molecule has 28 heavy (non-hydrogen) atoms. The molecule has 0 aromatic heterocycles. The number of piperidine rings is 1. The van der Waals surface area contributed by atoms with Crippen molar-refractivity contribution < 1.29 is 9.72 Å². The number of rotatable bonds is 6. The summed E-state index contributed by atoms with van der Waals surface area (Å²) in [7, 11) is 0. The lowest BCUT2D eigenvalue weighted by Gasteiger charge is -2.33. The lowest BCUT2D eigenvalue weighted by atomic mass is 9.94. The molecule has 0 aliphatic carbocycles. The van der Waals surface area contributed by atoms with Crippen molar-refractivity contribution in [3.05, 3.63) is 69.8 Å². The Morgan fingerprint density at radius 1 is 1.18 bits per heavy atom. The molecule has 3 rings (SSSR count). The molecule has 1 unspecified atom stereocenters. The first-order chi connectivity index (χ1) is 13.5. The predicted molar refractivity (Wildman–Crippen MR) is 110 cm³/mol. The van der Waals surface area contributed by atoms with Crippen LogP contribution in [0.25, 0.3) is 0 Å². The average Bonchev–Trinajstić information content (AvgIpc) is 2.73. The smallest absolute Gasteiger partial charge is 0.292 e. The molecule has 0 radical (unpaired) electrons. The Bertz CT molecular complexity index is 827. The van der Waals surface area contributed by atoms with Crippen LogP contribution in [0, 0.1) is 16.0 Å². The van der Waals surface area contributed by atoms with Crippen molar-refractivity contribution in [3.8, 4) is 0 Å². The van der Waals surface area contributed by atoms with E-state index in [-0.39, 0.29) is 28.5 Å². The van der Waals surface area contributed by atoms with Gasteiger partial charge in [-0.15, -0.1) is 0 Å². The predicted octanol–water partition coefficient (Wildman–Crippen LogP) is 4.25. The van der Waals surface area contributed by atoms with Crippen molar-refractivity contribution in [2.24, 2.45) is 5.92 Å². The van der Waals surface area contributed by atoms with E-state index in [4.69, 9.17) is 0 Å². The maximum absolute atomic E-state index is 12.7. The van der Waals surface area contributed by atoms with E-state index in [2.05, 4.69) is 36.5 Å². The second-order valence-electron chi connectivity index (χ2n) is 7.33. The molecule has 2 aromatic rings. The molecule has 0 bridgehead atoms. The van der Waals surface area contributed by atoms with Gasteiger partial charge in [0, 0.05) is 25.1 Å². The number of para-hydroxylation sites is 2. The summed E-state index contributed by atoms with van der Waals surface area (Å²) in [5.41, 5.74) is 3.14. The number of carbonyl (C=O) groups is 1. The van der Waals surface area contributed by atoms with Crippen LogP contribution in [0.15, 0.2) is 48.5 Å². The summed E-state index contributed by atoms with van der Waals surface area (Å²) in [4.78, 5) is 25.6. The molecule has 0 spiro atoms. The van der Waals surface area contributed by atoms with E-state index in [0.717, 1.165) is 12.0 Å². The maximum atomic E-state index is 12.7. The van der Waals surface area contributed by atoms with Crippen LogP contribution in [0.5, 0.6) is 0 Å². The molecule has 0 saturated carbocycles. The van der Waals surface area contributed by atoms with Crippen LogP contribution in [0.2, 0.25) is 0 Å². The Labute approximate surface area is 165 Å². The minimum absolute atomic E-state index is 0.0355. The van der Waals surface area contributed by atoms with Crippen molar-refractivity contribution >= 4 is 17.3 Å². The van der Waals surface area contributed by atoms with Crippen LogP contribution in [-0.4, -0.2) is 23.9 Å². The Morgan fingerprint density at radius 2 is 1.82 bits per heavy atom. The van der Waals surface area contributed by atoms with Crippen molar-refractivity contribution in [3.63, 3.8) is 0 Å². The highest BCUT2D eigenvalue weighted by Crippen LogP contribution is 2.31. The highest BCUT2D eigenvalue weighted by atomic mass is 16.6. The van der Waals surface area contributed by atoms with Gasteiger partial charge in [0.15, 0.2) is 0 Å². The van der Waals surface area contributed by atoms with E-state index < -0.39 is 0 Å². The normalized spacial score (nSPS) is 15.9. The van der Waals surface area contributed by atoms with Crippen LogP contribution in [0.3, 0.4) is 0 Å². The first-order valence-electron chi connectivity index (χ1n) is 9.87. The summed E-state index contributed by atoms with van der Waals surface area (Å²) >= 11 is 0. The number of benzene rings is 2. The summed E-state index contributed by atoms with van der Waals surface area (Å²) in [6.07, 6.45) is 2.39. The minimum Gasteiger partial charge on any atom is -0.366 e. The number of carbonyl (C=O) groups excluding carboxylic acids is 1. The molecule has 1 fully saturated rings. The van der Waals surface area contributed by atoms with Gasteiger partial charge in [0.2, 0.25) is 5.91 Å². The summed E-state index contributed by atoms with van der Waals surface area (Å²) in [6.45, 7) is 5.41. The zero-order chi connectivity index (χ0) is 20.1. The fourth-order valence-electron chi connectivity index (χ4n) is 3.73. The van der Waals surface area contributed by atoms with Crippen molar-refractivity contribution in [2.45, 2.75) is 39.2 Å². The number of aryl methyl sites for hydroxylation is 1. The molecule has 1 saturated heterocycles. The number of amides is 1. The maximum Gasteiger partial charge on any atom is 0.292 e. The molecule has 1 heterocycles. The highest BCUT2D eigenvalue weighted by Gasteiger charge is 2.28. The van der Waals surface area contributed by atoms with Gasteiger partial charge in [-0.1, -0.05) is 43.3 Å². The monoisotopic (exact) mass is 381 g/mol. The third kappa shape index (κ3) is 4.50. The van der Waals surface area contributed by atoms with Crippen molar-refractivity contribution in [1.82, 2.24) is 5.32 Å². The minimum atomic E-state index is -0.348. The fourth-order valence-corrected chi connectivity index (χ4v) is 3.73. The number of hydrogen-bond donors (Lipinski definition) is 1. The number of nitrogens with zero attached hydrogens (tertiary/aromatic N) is 2. The van der Waals surface area contributed by atoms with Crippen molar-refractivity contribution in [1.29, 1.82) is 0 Å². The zero-order valence-electron chi connectivity index (χ0n) is 16.4. The van der Waals surface area contributed by atoms with Crippen LogP contribution in [-0.2, 0) is 11.2 Å². The molecule has 1 aliphatic rings. The lowest BCUT2D eigenvalue weighted by Crippen LogP contribution is -2.41. The Morgan fingerprint density at radius 3 is 2.43 bits per heavy atom. The molecule has 1 atom stereocenters. The molecular formula is C22H27N3O3. The van der Waals surface area contributed by atoms with Gasteiger partial charge in [-0.3, -0.25) is 14.9 Å². The Balaban J connectivity index is 1.57. The SMILES string of the molecule is CCc1ccc(C(C)NC(=O)C2CCN(c3ccccc3[N+](=O)[O-])CC2)cc1. The van der Waals surface area contributed by atoms with Gasteiger partial charge in [0.25, 0.3) is 5.69 Å². The quantitative estimate of drug-likeness (QED) is 0.599. The first-order valence-corrected chi connectivity index (χ1v) is 9.87. The second-order valence-corrected chi connectivity index (χ2v) is 7.33. The fraction of sp³-hybridized carbons (Fsp3) is 0.409.